The number of carbonyl (C=O) groups is 2. The number of rotatable bonds is 6. The zero-order chi connectivity index (χ0) is 20.6. The van der Waals surface area contributed by atoms with Crippen molar-refractivity contribution in [2.75, 3.05) is 10.6 Å². The van der Waals surface area contributed by atoms with Gasteiger partial charge in [0.15, 0.2) is 0 Å². The molecule has 2 amide bonds. The van der Waals surface area contributed by atoms with E-state index in [4.69, 9.17) is 0 Å². The summed E-state index contributed by atoms with van der Waals surface area (Å²) in [4.78, 5) is 25.6. The van der Waals surface area contributed by atoms with E-state index in [1.807, 2.05) is 54.6 Å². The van der Waals surface area contributed by atoms with Crippen LogP contribution in [-0.4, -0.2) is 11.8 Å². The lowest BCUT2D eigenvalue weighted by Gasteiger charge is -2.55. The summed E-state index contributed by atoms with van der Waals surface area (Å²) in [6.07, 6.45) is 8.32. The Morgan fingerprint density at radius 3 is 2.03 bits per heavy atom. The van der Waals surface area contributed by atoms with Crippen LogP contribution in [-0.2, 0) is 16.0 Å². The number of hydrogen-bond donors (Lipinski definition) is 2. The summed E-state index contributed by atoms with van der Waals surface area (Å²) in [7, 11) is 0. The summed E-state index contributed by atoms with van der Waals surface area (Å²) < 4.78 is 0. The molecule has 4 heteroatoms. The summed E-state index contributed by atoms with van der Waals surface area (Å²) in [6.45, 7) is 0. The predicted molar refractivity (Wildman–Crippen MR) is 119 cm³/mol. The van der Waals surface area contributed by atoms with Gasteiger partial charge in [0.05, 0.1) is 5.41 Å². The van der Waals surface area contributed by atoms with Crippen molar-refractivity contribution in [1.29, 1.82) is 0 Å². The van der Waals surface area contributed by atoms with Gasteiger partial charge in [-0.3, -0.25) is 9.59 Å². The number of amides is 2. The number of anilines is 2. The Morgan fingerprint density at radius 2 is 1.40 bits per heavy atom. The van der Waals surface area contributed by atoms with Crippen molar-refractivity contribution < 1.29 is 9.59 Å². The summed E-state index contributed by atoms with van der Waals surface area (Å²) >= 11 is 0. The number of nitrogens with one attached hydrogen (secondary N) is 2. The van der Waals surface area contributed by atoms with Crippen LogP contribution in [0.15, 0.2) is 54.6 Å². The molecule has 4 saturated carbocycles. The highest BCUT2D eigenvalue weighted by Crippen LogP contribution is 2.60. The highest BCUT2D eigenvalue weighted by Gasteiger charge is 2.54. The minimum atomic E-state index is -0.163. The van der Waals surface area contributed by atoms with Crippen molar-refractivity contribution in [1.82, 2.24) is 0 Å². The molecule has 0 unspecified atom stereocenters. The monoisotopic (exact) mass is 402 g/mol. The van der Waals surface area contributed by atoms with Crippen LogP contribution in [0.4, 0.5) is 11.4 Å². The molecular formula is C26H30N2O2. The molecule has 4 fully saturated rings. The van der Waals surface area contributed by atoms with Gasteiger partial charge < -0.3 is 10.6 Å². The first kappa shape index (κ1) is 19.3. The fraction of sp³-hybridized carbons (Fsp3) is 0.462. The van der Waals surface area contributed by atoms with Gasteiger partial charge in [0.25, 0.3) is 0 Å². The van der Waals surface area contributed by atoms with Crippen LogP contribution in [0.2, 0.25) is 0 Å². The molecule has 0 saturated heterocycles. The van der Waals surface area contributed by atoms with Gasteiger partial charge in [-0.05, 0) is 86.5 Å². The van der Waals surface area contributed by atoms with Gasteiger partial charge in [-0.2, -0.15) is 0 Å². The third-order valence-corrected chi connectivity index (χ3v) is 7.41. The van der Waals surface area contributed by atoms with E-state index in [0.29, 0.717) is 6.42 Å². The number of hydrogen-bond acceptors (Lipinski definition) is 2. The Morgan fingerprint density at radius 1 is 0.800 bits per heavy atom. The van der Waals surface area contributed by atoms with Crippen LogP contribution in [0.1, 0.15) is 50.5 Å². The molecule has 4 bridgehead atoms. The fourth-order valence-corrected chi connectivity index (χ4v) is 6.45. The van der Waals surface area contributed by atoms with Gasteiger partial charge in [-0.1, -0.05) is 36.4 Å². The first-order valence-corrected chi connectivity index (χ1v) is 11.3. The largest absolute Gasteiger partial charge is 0.326 e. The molecule has 4 aliphatic carbocycles. The van der Waals surface area contributed by atoms with Gasteiger partial charge in [-0.25, -0.2) is 0 Å². The molecule has 0 aliphatic heterocycles. The first-order chi connectivity index (χ1) is 14.6. The van der Waals surface area contributed by atoms with Crippen molar-refractivity contribution in [3.63, 3.8) is 0 Å². The van der Waals surface area contributed by atoms with E-state index in [-0.39, 0.29) is 17.2 Å². The van der Waals surface area contributed by atoms with E-state index in [9.17, 15) is 9.59 Å². The van der Waals surface area contributed by atoms with E-state index in [1.165, 1.54) is 19.3 Å². The minimum absolute atomic E-state index is 0.0107. The molecule has 2 N–H and O–H groups in total. The van der Waals surface area contributed by atoms with Crippen molar-refractivity contribution in [2.24, 2.45) is 23.2 Å². The van der Waals surface area contributed by atoms with Crippen molar-refractivity contribution in [3.05, 3.63) is 60.2 Å². The maximum absolute atomic E-state index is 13.3. The smallest absolute Gasteiger partial charge is 0.230 e. The van der Waals surface area contributed by atoms with Gasteiger partial charge in [0.1, 0.15) is 0 Å². The van der Waals surface area contributed by atoms with Crippen LogP contribution in [0.25, 0.3) is 0 Å². The molecular weight excluding hydrogens is 372 g/mol. The Balaban J connectivity index is 1.20. The summed E-state index contributed by atoms with van der Waals surface area (Å²) in [5, 5.41) is 6.15. The van der Waals surface area contributed by atoms with Crippen LogP contribution in [0.5, 0.6) is 0 Å². The number of aryl methyl sites for hydroxylation is 1. The van der Waals surface area contributed by atoms with Gasteiger partial charge in [-0.15, -0.1) is 0 Å². The lowest BCUT2D eigenvalue weighted by atomic mass is 9.49. The topological polar surface area (TPSA) is 58.2 Å². The highest BCUT2D eigenvalue weighted by molar-refractivity contribution is 5.97. The molecule has 4 nitrogen and oxygen atoms in total. The van der Waals surface area contributed by atoms with E-state index >= 15 is 0 Å². The minimum Gasteiger partial charge on any atom is -0.326 e. The Kier molecular flexibility index (Phi) is 5.10. The lowest BCUT2D eigenvalue weighted by molar-refractivity contribution is -0.140. The second kappa shape index (κ2) is 7.90. The molecule has 0 atom stereocenters. The summed E-state index contributed by atoms with van der Waals surface area (Å²) in [6, 6.07) is 17.6. The van der Waals surface area contributed by atoms with E-state index in [1.54, 1.807) is 0 Å². The summed E-state index contributed by atoms with van der Waals surface area (Å²) in [5.41, 5.74) is 2.50. The Hall–Kier alpha value is -2.62. The molecule has 0 heterocycles. The van der Waals surface area contributed by atoms with Gasteiger partial charge in [0, 0.05) is 17.8 Å². The normalized spacial score (nSPS) is 28.9. The van der Waals surface area contributed by atoms with Crippen molar-refractivity contribution in [2.45, 2.75) is 51.4 Å². The quantitative estimate of drug-likeness (QED) is 0.678. The molecule has 6 rings (SSSR count). The maximum atomic E-state index is 13.3. The molecule has 30 heavy (non-hydrogen) atoms. The zero-order valence-electron chi connectivity index (χ0n) is 17.4. The molecule has 2 aromatic carbocycles. The second-order valence-corrected chi connectivity index (χ2v) is 9.77. The van der Waals surface area contributed by atoms with E-state index in [2.05, 4.69) is 10.6 Å². The maximum Gasteiger partial charge on any atom is 0.230 e. The predicted octanol–water partition coefficient (Wildman–Crippen LogP) is 5.41. The van der Waals surface area contributed by atoms with Crippen LogP contribution < -0.4 is 10.6 Å². The Bertz CT molecular complexity index is 902. The molecule has 156 valence electrons. The third-order valence-electron chi connectivity index (χ3n) is 7.41. The van der Waals surface area contributed by atoms with Gasteiger partial charge >= 0.3 is 0 Å². The standard InChI is InChI=1S/C26H30N2O2/c29-24(10-9-18-5-2-1-3-6-18)27-22-7-4-8-23(14-22)28-25(30)26-15-19-11-20(16-26)13-21(12-19)17-26/h1-8,14,19-21H,9-13,15-17H2,(H,27,29)(H,28,30). The number of carbonyl (C=O) groups excluding carboxylic acids is 2. The van der Waals surface area contributed by atoms with E-state index in [0.717, 1.165) is 60.4 Å². The molecule has 0 aromatic heterocycles. The third kappa shape index (κ3) is 4.00. The highest BCUT2D eigenvalue weighted by atomic mass is 16.2. The average Bonchev–Trinajstić information content (AvgIpc) is 2.72. The zero-order valence-corrected chi connectivity index (χ0v) is 17.4. The number of benzene rings is 2. The van der Waals surface area contributed by atoms with Crippen LogP contribution in [0, 0.1) is 23.2 Å². The van der Waals surface area contributed by atoms with Gasteiger partial charge in [0.2, 0.25) is 11.8 Å². The van der Waals surface area contributed by atoms with Crippen LogP contribution >= 0.6 is 0 Å². The van der Waals surface area contributed by atoms with Crippen LogP contribution in [0.3, 0.4) is 0 Å². The van der Waals surface area contributed by atoms with Crippen molar-refractivity contribution in [3.8, 4) is 0 Å². The van der Waals surface area contributed by atoms with Crippen molar-refractivity contribution >= 4 is 23.2 Å². The fourth-order valence-electron chi connectivity index (χ4n) is 6.45. The SMILES string of the molecule is O=C(CCc1ccccc1)Nc1cccc(NC(=O)C23CC4CC(CC(C4)C2)C3)c1. The average molecular weight is 403 g/mol. The Labute approximate surface area is 178 Å². The second-order valence-electron chi connectivity index (χ2n) is 9.77. The molecule has 0 radical (unpaired) electrons. The lowest BCUT2D eigenvalue weighted by Crippen LogP contribution is -2.51. The molecule has 0 spiro atoms. The van der Waals surface area contributed by atoms with E-state index < -0.39 is 0 Å². The first-order valence-electron chi connectivity index (χ1n) is 11.3. The molecule has 4 aliphatic rings. The summed E-state index contributed by atoms with van der Waals surface area (Å²) in [5.74, 6) is 2.42. The molecule has 2 aromatic rings.